The van der Waals surface area contributed by atoms with E-state index in [0.717, 1.165) is 28.6 Å². The maximum atomic E-state index is 12.0. The van der Waals surface area contributed by atoms with Crippen molar-refractivity contribution in [2.75, 3.05) is 18.2 Å². The molecule has 1 atom stereocenters. The van der Waals surface area contributed by atoms with Gasteiger partial charge in [-0.2, -0.15) is 5.10 Å². The lowest BCUT2D eigenvalue weighted by atomic mass is 10.0. The van der Waals surface area contributed by atoms with E-state index in [4.69, 9.17) is 0 Å². The number of fused-ring (bicyclic) bond motifs is 1. The summed E-state index contributed by atoms with van der Waals surface area (Å²) in [6, 6.07) is 16.8. The molecule has 2 aromatic heterocycles. The van der Waals surface area contributed by atoms with Crippen molar-refractivity contribution in [1.82, 2.24) is 15.2 Å². The summed E-state index contributed by atoms with van der Waals surface area (Å²) in [6.07, 6.45) is 4.55. The van der Waals surface area contributed by atoms with Crippen LogP contribution in [0.15, 0.2) is 72.0 Å². The minimum atomic E-state index is -3.42. The molecule has 2 aromatic carbocycles. The molecular weight excluding hydrogens is 388 g/mol. The number of nitrogens with one attached hydrogen (secondary N) is 2. The van der Waals surface area contributed by atoms with Crippen LogP contribution in [0.25, 0.3) is 22.0 Å². The van der Waals surface area contributed by atoms with E-state index >= 15 is 0 Å². The minimum absolute atomic E-state index is 0.0626. The number of H-pyrrole nitrogens is 1. The van der Waals surface area contributed by atoms with E-state index in [9.17, 15) is 13.5 Å². The molecule has 0 saturated heterocycles. The quantitative estimate of drug-likeness (QED) is 0.452. The molecule has 0 aliphatic carbocycles. The fourth-order valence-corrected chi connectivity index (χ4v) is 4.02. The summed E-state index contributed by atoms with van der Waals surface area (Å²) in [4.78, 5) is 4.30. The van der Waals surface area contributed by atoms with Gasteiger partial charge in [-0.3, -0.25) is 10.1 Å². The molecule has 4 aromatic rings. The number of sulfone groups is 1. The van der Waals surface area contributed by atoms with Gasteiger partial charge in [0.2, 0.25) is 0 Å². The Morgan fingerprint density at radius 1 is 1.07 bits per heavy atom. The zero-order chi connectivity index (χ0) is 20.4. The first kappa shape index (κ1) is 19.1. The van der Waals surface area contributed by atoms with Gasteiger partial charge >= 0.3 is 0 Å². The summed E-state index contributed by atoms with van der Waals surface area (Å²) >= 11 is 0. The van der Waals surface area contributed by atoms with Gasteiger partial charge in [0.15, 0.2) is 14.9 Å². The van der Waals surface area contributed by atoms with Crippen LogP contribution >= 0.6 is 0 Å². The van der Waals surface area contributed by atoms with Gasteiger partial charge < -0.3 is 10.4 Å². The van der Waals surface area contributed by atoms with E-state index in [0.29, 0.717) is 10.9 Å². The highest BCUT2D eigenvalue weighted by atomic mass is 32.2. The molecule has 0 radical (unpaired) electrons. The minimum Gasteiger partial charge on any atom is -0.394 e. The smallest absolute Gasteiger partial charge is 0.192 e. The second-order valence-corrected chi connectivity index (χ2v) is 8.76. The Morgan fingerprint density at radius 2 is 1.86 bits per heavy atom. The van der Waals surface area contributed by atoms with Gasteiger partial charge in [-0.1, -0.05) is 36.4 Å². The average molecular weight is 408 g/mol. The molecule has 2 heterocycles. The standard InChI is InChI=1S/C21H20N4O3S/c1-29(27,28)21-18-10-15(7-8-19(18)24-25-21)16-9-17(12-22-11-16)23-20(13-26)14-5-3-2-4-6-14/h2-12,20,23,26H,13H2,1H3,(H,24,25). The van der Waals surface area contributed by atoms with Crippen LogP contribution in [0.4, 0.5) is 5.69 Å². The Balaban J connectivity index is 1.68. The number of hydrogen-bond donors (Lipinski definition) is 3. The van der Waals surface area contributed by atoms with Gasteiger partial charge in [0.05, 0.1) is 23.9 Å². The summed E-state index contributed by atoms with van der Waals surface area (Å²) in [5.74, 6) is 0. The molecule has 8 heteroatoms. The maximum absolute atomic E-state index is 12.0. The lowest BCUT2D eigenvalue weighted by Gasteiger charge is -2.18. The summed E-state index contributed by atoms with van der Waals surface area (Å²) < 4.78 is 24.0. The van der Waals surface area contributed by atoms with Crippen LogP contribution in [-0.4, -0.2) is 41.6 Å². The fourth-order valence-electron chi connectivity index (χ4n) is 3.25. The summed E-state index contributed by atoms with van der Waals surface area (Å²) in [7, 11) is -3.42. The van der Waals surface area contributed by atoms with Gasteiger partial charge in [0.1, 0.15) is 0 Å². The van der Waals surface area contributed by atoms with Crippen molar-refractivity contribution in [2.24, 2.45) is 0 Å². The van der Waals surface area contributed by atoms with E-state index in [2.05, 4.69) is 20.5 Å². The van der Waals surface area contributed by atoms with Gasteiger partial charge in [0, 0.05) is 29.6 Å². The molecular formula is C21H20N4O3S. The van der Waals surface area contributed by atoms with Crippen molar-refractivity contribution in [3.8, 4) is 11.1 Å². The van der Waals surface area contributed by atoms with Crippen LogP contribution in [-0.2, 0) is 9.84 Å². The van der Waals surface area contributed by atoms with Crippen LogP contribution in [0.5, 0.6) is 0 Å². The molecule has 1 unspecified atom stereocenters. The number of aromatic nitrogens is 3. The third-order valence-corrected chi connectivity index (χ3v) is 5.74. The van der Waals surface area contributed by atoms with E-state index in [1.165, 1.54) is 0 Å². The molecule has 148 valence electrons. The summed E-state index contributed by atoms with van der Waals surface area (Å²) in [5, 5.41) is 20.4. The van der Waals surface area contributed by atoms with Crippen LogP contribution < -0.4 is 5.32 Å². The average Bonchev–Trinajstić information content (AvgIpc) is 3.16. The molecule has 0 saturated carbocycles. The van der Waals surface area contributed by atoms with Crippen LogP contribution in [0.2, 0.25) is 0 Å². The van der Waals surface area contributed by atoms with Crippen molar-refractivity contribution in [3.05, 3.63) is 72.6 Å². The van der Waals surface area contributed by atoms with E-state index in [-0.39, 0.29) is 17.7 Å². The highest BCUT2D eigenvalue weighted by molar-refractivity contribution is 7.90. The Morgan fingerprint density at radius 3 is 2.59 bits per heavy atom. The Hall–Kier alpha value is -3.23. The number of nitrogens with zero attached hydrogens (tertiary/aromatic N) is 2. The zero-order valence-electron chi connectivity index (χ0n) is 15.7. The van der Waals surface area contributed by atoms with Crippen molar-refractivity contribution in [1.29, 1.82) is 0 Å². The first-order valence-electron chi connectivity index (χ1n) is 9.01. The third-order valence-electron chi connectivity index (χ3n) is 4.69. The maximum Gasteiger partial charge on any atom is 0.192 e. The molecule has 0 aliphatic heterocycles. The zero-order valence-corrected chi connectivity index (χ0v) is 16.5. The second kappa shape index (κ2) is 7.65. The van der Waals surface area contributed by atoms with Gasteiger partial charge in [-0.05, 0) is 29.3 Å². The van der Waals surface area contributed by atoms with Crippen LogP contribution in [0.1, 0.15) is 11.6 Å². The normalized spacial score (nSPS) is 12.8. The molecule has 0 fully saturated rings. The number of aliphatic hydroxyl groups excluding tert-OH is 1. The second-order valence-electron chi connectivity index (χ2n) is 6.81. The van der Waals surface area contributed by atoms with Gasteiger partial charge in [-0.25, -0.2) is 8.42 Å². The SMILES string of the molecule is CS(=O)(=O)c1[nH]nc2ccc(-c3cncc(NC(CO)c4ccccc4)c3)cc12. The summed E-state index contributed by atoms with van der Waals surface area (Å²) in [6.45, 7) is -0.0626. The van der Waals surface area contributed by atoms with Crippen molar-refractivity contribution in [3.63, 3.8) is 0 Å². The molecule has 0 bridgehead atoms. The third kappa shape index (κ3) is 3.98. The molecule has 3 N–H and O–H groups in total. The number of benzene rings is 2. The molecule has 29 heavy (non-hydrogen) atoms. The molecule has 4 rings (SSSR count). The molecule has 7 nitrogen and oxygen atoms in total. The summed E-state index contributed by atoms with van der Waals surface area (Å²) in [5.41, 5.74) is 3.95. The van der Waals surface area contributed by atoms with Crippen molar-refractivity contribution in [2.45, 2.75) is 11.1 Å². The number of aromatic amines is 1. The van der Waals surface area contributed by atoms with E-state index in [1.807, 2.05) is 42.5 Å². The fraction of sp³-hybridized carbons (Fsp3) is 0.143. The Labute approximate surface area is 168 Å². The number of hydrogen-bond acceptors (Lipinski definition) is 6. The molecule has 0 amide bonds. The van der Waals surface area contributed by atoms with E-state index < -0.39 is 9.84 Å². The van der Waals surface area contributed by atoms with E-state index in [1.54, 1.807) is 24.5 Å². The van der Waals surface area contributed by atoms with Crippen molar-refractivity contribution >= 4 is 26.4 Å². The largest absolute Gasteiger partial charge is 0.394 e. The number of rotatable bonds is 6. The topological polar surface area (TPSA) is 108 Å². The Kier molecular flexibility index (Phi) is 5.04. The lowest BCUT2D eigenvalue weighted by molar-refractivity contribution is 0.276. The number of pyridine rings is 1. The first-order valence-corrected chi connectivity index (χ1v) is 10.9. The van der Waals surface area contributed by atoms with Crippen molar-refractivity contribution < 1.29 is 13.5 Å². The first-order chi connectivity index (χ1) is 14.0. The number of aliphatic hydroxyl groups is 1. The molecule has 0 aliphatic rings. The number of anilines is 1. The van der Waals surface area contributed by atoms with Gasteiger partial charge in [-0.15, -0.1) is 0 Å². The lowest BCUT2D eigenvalue weighted by Crippen LogP contribution is -2.14. The highest BCUT2D eigenvalue weighted by Gasteiger charge is 2.16. The van der Waals surface area contributed by atoms with Crippen LogP contribution in [0.3, 0.4) is 0 Å². The molecule has 0 spiro atoms. The van der Waals surface area contributed by atoms with Crippen LogP contribution in [0, 0.1) is 0 Å². The predicted molar refractivity (Wildman–Crippen MR) is 112 cm³/mol. The van der Waals surface area contributed by atoms with Gasteiger partial charge in [0.25, 0.3) is 0 Å². The highest BCUT2D eigenvalue weighted by Crippen LogP contribution is 2.29. The predicted octanol–water partition coefficient (Wildman–Crippen LogP) is 3.17. The monoisotopic (exact) mass is 408 g/mol. The Bertz CT molecular complexity index is 1250.